The molecule has 3 nitrogen and oxygen atoms in total. The zero-order chi connectivity index (χ0) is 13.2. The van der Waals surface area contributed by atoms with E-state index >= 15 is 0 Å². The fraction of sp³-hybridized carbons (Fsp3) is 0.200. The van der Waals surface area contributed by atoms with E-state index in [0.717, 1.165) is 27.8 Å². The van der Waals surface area contributed by atoms with Gasteiger partial charge in [0.25, 0.3) is 0 Å². The molecular formula is C15H15NO2S. The standard InChI is InChI=1S/C15H15NO2S/c1-10-2-5-15(12(16)6-10)19-8-11-3-4-13-14(7-11)18-9-17-13/h2-7H,8-9,16H2,1H3. The summed E-state index contributed by atoms with van der Waals surface area (Å²) in [6.07, 6.45) is 0. The van der Waals surface area contributed by atoms with Gasteiger partial charge < -0.3 is 15.2 Å². The van der Waals surface area contributed by atoms with Crippen LogP contribution >= 0.6 is 11.8 Å². The second kappa shape index (κ2) is 5.05. The molecule has 0 fully saturated rings. The molecule has 19 heavy (non-hydrogen) atoms. The maximum atomic E-state index is 6.01. The largest absolute Gasteiger partial charge is 0.454 e. The number of nitrogen functional groups attached to an aromatic ring is 1. The Kier molecular flexibility index (Phi) is 3.25. The second-order valence-electron chi connectivity index (χ2n) is 4.52. The highest BCUT2D eigenvalue weighted by Gasteiger charge is 2.13. The molecule has 0 amide bonds. The molecule has 0 saturated heterocycles. The Labute approximate surface area is 116 Å². The molecule has 0 saturated carbocycles. The van der Waals surface area contributed by atoms with Gasteiger partial charge in [-0.3, -0.25) is 0 Å². The van der Waals surface area contributed by atoms with Crippen LogP contribution in [0.4, 0.5) is 5.69 Å². The third-order valence-electron chi connectivity index (χ3n) is 3.00. The Morgan fingerprint density at radius 1 is 1.11 bits per heavy atom. The van der Waals surface area contributed by atoms with Gasteiger partial charge in [0.05, 0.1) is 0 Å². The van der Waals surface area contributed by atoms with Crippen LogP contribution in [0.1, 0.15) is 11.1 Å². The van der Waals surface area contributed by atoms with Gasteiger partial charge in [0, 0.05) is 16.3 Å². The van der Waals surface area contributed by atoms with Crippen LogP contribution in [-0.4, -0.2) is 6.79 Å². The Bertz CT molecular complexity index is 613. The fourth-order valence-electron chi connectivity index (χ4n) is 1.99. The first-order chi connectivity index (χ1) is 9.22. The summed E-state index contributed by atoms with van der Waals surface area (Å²) in [5.74, 6) is 2.52. The minimum Gasteiger partial charge on any atom is -0.454 e. The van der Waals surface area contributed by atoms with Crippen LogP contribution in [-0.2, 0) is 5.75 Å². The first kappa shape index (κ1) is 12.2. The number of benzene rings is 2. The molecule has 0 bridgehead atoms. The van der Waals surface area contributed by atoms with Gasteiger partial charge in [-0.05, 0) is 42.3 Å². The van der Waals surface area contributed by atoms with Crippen molar-refractivity contribution >= 4 is 17.4 Å². The van der Waals surface area contributed by atoms with E-state index in [2.05, 4.69) is 18.2 Å². The minimum atomic E-state index is 0.316. The summed E-state index contributed by atoms with van der Waals surface area (Å²) in [6.45, 7) is 2.36. The molecule has 4 heteroatoms. The zero-order valence-corrected chi connectivity index (χ0v) is 11.5. The first-order valence-corrected chi connectivity index (χ1v) is 7.08. The number of hydrogen-bond donors (Lipinski definition) is 1. The van der Waals surface area contributed by atoms with Crippen LogP contribution in [0.25, 0.3) is 0 Å². The third kappa shape index (κ3) is 2.63. The smallest absolute Gasteiger partial charge is 0.231 e. The molecule has 1 aliphatic heterocycles. The fourth-order valence-corrected chi connectivity index (χ4v) is 2.88. The average molecular weight is 273 g/mol. The lowest BCUT2D eigenvalue weighted by Gasteiger charge is -2.07. The molecular weight excluding hydrogens is 258 g/mol. The molecule has 2 aromatic carbocycles. The van der Waals surface area contributed by atoms with Gasteiger partial charge >= 0.3 is 0 Å². The first-order valence-electron chi connectivity index (χ1n) is 6.10. The monoisotopic (exact) mass is 273 g/mol. The van der Waals surface area contributed by atoms with E-state index in [4.69, 9.17) is 15.2 Å². The molecule has 0 spiro atoms. The Morgan fingerprint density at radius 2 is 1.95 bits per heavy atom. The summed E-state index contributed by atoms with van der Waals surface area (Å²) in [5, 5.41) is 0. The third-order valence-corrected chi connectivity index (χ3v) is 4.16. The topological polar surface area (TPSA) is 44.5 Å². The van der Waals surface area contributed by atoms with Crippen molar-refractivity contribution in [1.29, 1.82) is 0 Å². The van der Waals surface area contributed by atoms with E-state index < -0.39 is 0 Å². The normalized spacial score (nSPS) is 12.7. The van der Waals surface area contributed by atoms with Crippen LogP contribution in [0, 0.1) is 6.92 Å². The van der Waals surface area contributed by atoms with Gasteiger partial charge in [-0.2, -0.15) is 0 Å². The molecule has 0 aliphatic carbocycles. The lowest BCUT2D eigenvalue weighted by atomic mass is 10.2. The highest BCUT2D eigenvalue weighted by Crippen LogP contribution is 2.35. The number of fused-ring (bicyclic) bond motifs is 1. The lowest BCUT2D eigenvalue weighted by Crippen LogP contribution is -1.93. The molecule has 2 aromatic rings. The summed E-state index contributed by atoms with van der Waals surface area (Å²) in [4.78, 5) is 1.11. The number of rotatable bonds is 3. The molecule has 3 rings (SSSR count). The number of thioether (sulfide) groups is 1. The quantitative estimate of drug-likeness (QED) is 0.685. The highest BCUT2D eigenvalue weighted by molar-refractivity contribution is 7.98. The number of aryl methyl sites for hydroxylation is 1. The Morgan fingerprint density at radius 3 is 2.79 bits per heavy atom. The second-order valence-corrected chi connectivity index (χ2v) is 5.53. The molecule has 0 radical (unpaired) electrons. The maximum Gasteiger partial charge on any atom is 0.231 e. The maximum absolute atomic E-state index is 6.01. The van der Waals surface area contributed by atoms with Gasteiger partial charge in [-0.1, -0.05) is 12.1 Å². The summed E-state index contributed by atoms with van der Waals surface area (Å²) in [5.41, 5.74) is 9.24. The van der Waals surface area contributed by atoms with Crippen LogP contribution in [0.2, 0.25) is 0 Å². The lowest BCUT2D eigenvalue weighted by molar-refractivity contribution is 0.174. The van der Waals surface area contributed by atoms with Crippen LogP contribution in [0.5, 0.6) is 11.5 Å². The molecule has 0 unspecified atom stereocenters. The zero-order valence-electron chi connectivity index (χ0n) is 10.7. The highest BCUT2D eigenvalue weighted by atomic mass is 32.2. The van der Waals surface area contributed by atoms with Crippen LogP contribution < -0.4 is 15.2 Å². The van der Waals surface area contributed by atoms with Crippen LogP contribution in [0.15, 0.2) is 41.3 Å². The van der Waals surface area contributed by atoms with E-state index in [0.29, 0.717) is 6.79 Å². The van der Waals surface area contributed by atoms with Gasteiger partial charge in [-0.15, -0.1) is 11.8 Å². The van der Waals surface area contributed by atoms with E-state index in [1.54, 1.807) is 11.8 Å². The van der Waals surface area contributed by atoms with E-state index in [-0.39, 0.29) is 0 Å². The van der Waals surface area contributed by atoms with Crippen molar-refractivity contribution in [3.8, 4) is 11.5 Å². The van der Waals surface area contributed by atoms with Gasteiger partial charge in [0.15, 0.2) is 11.5 Å². The van der Waals surface area contributed by atoms with Gasteiger partial charge in [0.2, 0.25) is 6.79 Å². The summed E-state index contributed by atoms with van der Waals surface area (Å²) in [7, 11) is 0. The molecule has 1 heterocycles. The Hall–Kier alpha value is -1.81. The molecule has 2 N–H and O–H groups in total. The minimum absolute atomic E-state index is 0.316. The van der Waals surface area contributed by atoms with Crippen molar-refractivity contribution in [2.45, 2.75) is 17.6 Å². The van der Waals surface area contributed by atoms with Gasteiger partial charge in [0.1, 0.15) is 0 Å². The summed E-state index contributed by atoms with van der Waals surface area (Å²) < 4.78 is 10.7. The number of ether oxygens (including phenoxy) is 2. The van der Waals surface area contributed by atoms with Gasteiger partial charge in [-0.25, -0.2) is 0 Å². The summed E-state index contributed by atoms with van der Waals surface area (Å²) in [6, 6.07) is 12.2. The number of hydrogen-bond acceptors (Lipinski definition) is 4. The van der Waals surface area contributed by atoms with Crippen molar-refractivity contribution in [2.24, 2.45) is 0 Å². The predicted molar refractivity (Wildman–Crippen MR) is 77.7 cm³/mol. The molecule has 1 aliphatic rings. The van der Waals surface area contributed by atoms with Crippen molar-refractivity contribution in [3.05, 3.63) is 47.5 Å². The van der Waals surface area contributed by atoms with Crippen molar-refractivity contribution in [1.82, 2.24) is 0 Å². The SMILES string of the molecule is Cc1ccc(SCc2ccc3c(c2)OCO3)c(N)c1. The predicted octanol–water partition coefficient (Wildman–Crippen LogP) is 3.60. The summed E-state index contributed by atoms with van der Waals surface area (Å²) >= 11 is 1.73. The van der Waals surface area contributed by atoms with E-state index in [1.165, 1.54) is 11.1 Å². The molecule has 0 aromatic heterocycles. The Balaban J connectivity index is 1.72. The average Bonchev–Trinajstić information content (AvgIpc) is 2.85. The number of anilines is 1. The van der Waals surface area contributed by atoms with Crippen LogP contribution in [0.3, 0.4) is 0 Å². The van der Waals surface area contributed by atoms with E-state index in [9.17, 15) is 0 Å². The van der Waals surface area contributed by atoms with Crippen molar-refractivity contribution in [2.75, 3.05) is 12.5 Å². The van der Waals surface area contributed by atoms with Crippen molar-refractivity contribution < 1.29 is 9.47 Å². The van der Waals surface area contributed by atoms with Crippen molar-refractivity contribution in [3.63, 3.8) is 0 Å². The number of nitrogens with two attached hydrogens (primary N) is 1. The molecule has 0 atom stereocenters. The molecule has 98 valence electrons. The van der Waals surface area contributed by atoms with E-state index in [1.807, 2.05) is 25.1 Å².